The van der Waals surface area contributed by atoms with Crippen molar-refractivity contribution in [1.82, 2.24) is 14.7 Å². The van der Waals surface area contributed by atoms with Gasteiger partial charge in [0.05, 0.1) is 18.1 Å². The molecule has 0 saturated heterocycles. The average molecular weight is 442 g/mol. The summed E-state index contributed by atoms with van der Waals surface area (Å²) >= 11 is 0. The Bertz CT molecular complexity index is 1410. The van der Waals surface area contributed by atoms with Crippen molar-refractivity contribution in [2.75, 3.05) is 0 Å². The number of aliphatic carboxylic acids is 1. The molecular formula is C25H22N4O4. The van der Waals surface area contributed by atoms with Crippen LogP contribution >= 0.6 is 0 Å². The van der Waals surface area contributed by atoms with Gasteiger partial charge in [-0.3, -0.25) is 4.79 Å². The van der Waals surface area contributed by atoms with Crippen molar-refractivity contribution in [1.29, 1.82) is 5.26 Å². The van der Waals surface area contributed by atoms with Gasteiger partial charge in [0.25, 0.3) is 5.89 Å². The van der Waals surface area contributed by atoms with Crippen molar-refractivity contribution in [3.63, 3.8) is 0 Å². The SMILES string of the molecule is CC(C)Oc1ccc(-c2nc(-c3ccc4c(c3)cc3n4CC[C@H]3CC(=O)O)no2)cc1C#N. The van der Waals surface area contributed by atoms with E-state index in [-0.39, 0.29) is 18.4 Å². The lowest BCUT2D eigenvalue weighted by atomic mass is 10.0. The summed E-state index contributed by atoms with van der Waals surface area (Å²) in [5, 5.41) is 23.8. The maximum atomic E-state index is 11.2. The van der Waals surface area contributed by atoms with Crippen LogP contribution in [0.4, 0.5) is 0 Å². The van der Waals surface area contributed by atoms with Gasteiger partial charge in [-0.1, -0.05) is 5.16 Å². The van der Waals surface area contributed by atoms with Crippen LogP contribution in [0.15, 0.2) is 47.0 Å². The molecule has 1 atom stereocenters. The Labute approximate surface area is 190 Å². The molecule has 4 aromatic rings. The number of aromatic nitrogens is 3. The highest BCUT2D eigenvalue weighted by Gasteiger charge is 2.27. The van der Waals surface area contributed by atoms with Crippen LogP contribution in [0, 0.1) is 11.3 Å². The standard InChI is InChI=1S/C25H22N4O4/c1-14(2)32-22-6-4-17(10-19(22)13-26)25-27-24(28-33-25)16-3-5-20-18(9-16)11-21-15(12-23(30)31)7-8-29(20)21/h3-6,9-11,14-15H,7-8,12H2,1-2H3,(H,30,31)/t15-/m0/s1. The van der Waals surface area contributed by atoms with Gasteiger partial charge in [0.15, 0.2) is 0 Å². The Morgan fingerprint density at radius 1 is 1.27 bits per heavy atom. The second-order valence-electron chi connectivity index (χ2n) is 8.49. The lowest BCUT2D eigenvalue weighted by molar-refractivity contribution is -0.137. The molecule has 8 heteroatoms. The first-order chi connectivity index (χ1) is 15.9. The number of rotatable bonds is 6. The van der Waals surface area contributed by atoms with Gasteiger partial charge in [0.1, 0.15) is 11.8 Å². The highest BCUT2D eigenvalue weighted by Crippen LogP contribution is 2.37. The summed E-state index contributed by atoms with van der Waals surface area (Å²) in [5.74, 6) is 0.540. The van der Waals surface area contributed by atoms with Crippen molar-refractivity contribution in [3.05, 3.63) is 53.7 Å². The molecule has 0 amide bonds. The Hall–Kier alpha value is -4.12. The molecule has 5 rings (SSSR count). The van der Waals surface area contributed by atoms with Crippen molar-refractivity contribution in [2.24, 2.45) is 0 Å². The van der Waals surface area contributed by atoms with E-state index in [0.29, 0.717) is 28.6 Å². The van der Waals surface area contributed by atoms with E-state index in [2.05, 4.69) is 26.8 Å². The maximum absolute atomic E-state index is 11.2. The number of carboxylic acid groups (broad SMARTS) is 1. The molecule has 0 spiro atoms. The van der Waals surface area contributed by atoms with Gasteiger partial charge in [0.2, 0.25) is 5.82 Å². The molecule has 0 unspecified atom stereocenters. The van der Waals surface area contributed by atoms with E-state index in [1.54, 1.807) is 18.2 Å². The summed E-state index contributed by atoms with van der Waals surface area (Å²) in [6.07, 6.45) is 0.949. The lowest BCUT2D eigenvalue weighted by Gasteiger charge is -2.11. The third-order valence-corrected chi connectivity index (χ3v) is 5.87. The van der Waals surface area contributed by atoms with Gasteiger partial charge >= 0.3 is 5.97 Å². The van der Waals surface area contributed by atoms with Crippen LogP contribution < -0.4 is 4.74 Å². The van der Waals surface area contributed by atoms with Gasteiger partial charge < -0.3 is 18.9 Å². The summed E-state index contributed by atoms with van der Waals surface area (Å²) in [7, 11) is 0. The molecule has 8 nitrogen and oxygen atoms in total. The predicted octanol–water partition coefficient (Wildman–Crippen LogP) is 4.98. The number of carbonyl (C=O) groups is 1. The quantitative estimate of drug-likeness (QED) is 0.448. The molecule has 2 aromatic carbocycles. The normalized spacial score (nSPS) is 15.0. The minimum absolute atomic E-state index is 0.0344. The summed E-state index contributed by atoms with van der Waals surface area (Å²) in [4.78, 5) is 15.7. The van der Waals surface area contributed by atoms with E-state index in [1.807, 2.05) is 32.0 Å². The second-order valence-corrected chi connectivity index (χ2v) is 8.49. The monoisotopic (exact) mass is 442 g/mol. The van der Waals surface area contributed by atoms with Crippen molar-refractivity contribution >= 4 is 16.9 Å². The van der Waals surface area contributed by atoms with E-state index < -0.39 is 5.97 Å². The van der Waals surface area contributed by atoms with Crippen LogP contribution in [-0.2, 0) is 11.3 Å². The van der Waals surface area contributed by atoms with E-state index >= 15 is 0 Å². The Morgan fingerprint density at radius 2 is 2.09 bits per heavy atom. The minimum atomic E-state index is -0.776. The van der Waals surface area contributed by atoms with Crippen LogP contribution in [0.3, 0.4) is 0 Å². The van der Waals surface area contributed by atoms with E-state index in [1.165, 1.54) is 0 Å². The first kappa shape index (κ1) is 20.8. The van der Waals surface area contributed by atoms with Crippen molar-refractivity contribution in [2.45, 2.75) is 45.3 Å². The molecule has 1 N–H and O–H groups in total. The largest absolute Gasteiger partial charge is 0.490 e. The number of nitrogens with zero attached hydrogens (tertiary/aromatic N) is 4. The molecule has 0 saturated carbocycles. The van der Waals surface area contributed by atoms with Gasteiger partial charge in [-0.2, -0.15) is 10.2 Å². The van der Waals surface area contributed by atoms with Crippen molar-refractivity contribution < 1.29 is 19.2 Å². The third kappa shape index (κ3) is 3.82. The van der Waals surface area contributed by atoms with Gasteiger partial charge in [0, 0.05) is 40.2 Å². The molecule has 3 heterocycles. The first-order valence-corrected chi connectivity index (χ1v) is 10.8. The van der Waals surface area contributed by atoms with Gasteiger partial charge in [-0.25, -0.2) is 0 Å². The van der Waals surface area contributed by atoms with E-state index in [4.69, 9.17) is 9.26 Å². The molecule has 166 valence electrons. The number of benzene rings is 2. The minimum Gasteiger partial charge on any atom is -0.490 e. The fourth-order valence-electron chi connectivity index (χ4n) is 4.43. The molecule has 33 heavy (non-hydrogen) atoms. The Morgan fingerprint density at radius 3 is 2.85 bits per heavy atom. The van der Waals surface area contributed by atoms with Gasteiger partial charge in [-0.15, -0.1) is 0 Å². The molecule has 0 radical (unpaired) electrons. The Balaban J connectivity index is 1.45. The summed E-state index contributed by atoms with van der Waals surface area (Å²) in [6.45, 7) is 4.63. The molecule has 1 aliphatic heterocycles. The van der Waals surface area contributed by atoms with Crippen LogP contribution in [0.1, 0.15) is 43.9 Å². The number of hydrogen-bond acceptors (Lipinski definition) is 6. The number of fused-ring (bicyclic) bond motifs is 3. The number of ether oxygens (including phenoxy) is 1. The highest BCUT2D eigenvalue weighted by atomic mass is 16.5. The molecular weight excluding hydrogens is 420 g/mol. The van der Waals surface area contributed by atoms with Crippen LogP contribution in [0.25, 0.3) is 33.7 Å². The fourth-order valence-corrected chi connectivity index (χ4v) is 4.43. The average Bonchev–Trinajstić information content (AvgIpc) is 3.49. The molecule has 1 aliphatic rings. The zero-order valence-corrected chi connectivity index (χ0v) is 18.3. The molecule has 0 fully saturated rings. The molecule has 0 aliphatic carbocycles. The van der Waals surface area contributed by atoms with Crippen LogP contribution in [0.5, 0.6) is 5.75 Å². The first-order valence-electron chi connectivity index (χ1n) is 10.8. The highest BCUT2D eigenvalue weighted by molar-refractivity contribution is 5.86. The third-order valence-electron chi connectivity index (χ3n) is 5.87. The topological polar surface area (TPSA) is 114 Å². The molecule has 0 bridgehead atoms. The van der Waals surface area contributed by atoms with Crippen LogP contribution in [-0.4, -0.2) is 31.9 Å². The smallest absolute Gasteiger partial charge is 0.304 e. The van der Waals surface area contributed by atoms with E-state index in [0.717, 1.165) is 35.1 Å². The van der Waals surface area contributed by atoms with Crippen LogP contribution in [0.2, 0.25) is 0 Å². The zero-order valence-electron chi connectivity index (χ0n) is 18.3. The summed E-state index contributed by atoms with van der Waals surface area (Å²) in [6, 6.07) is 15.4. The predicted molar refractivity (Wildman–Crippen MR) is 121 cm³/mol. The molecule has 2 aromatic heterocycles. The number of aryl methyl sites for hydroxylation is 1. The van der Waals surface area contributed by atoms with Crippen molar-refractivity contribution in [3.8, 4) is 34.7 Å². The number of nitriles is 1. The number of hydrogen-bond donors (Lipinski definition) is 1. The maximum Gasteiger partial charge on any atom is 0.304 e. The fraction of sp³-hybridized carbons (Fsp3) is 0.280. The number of carboxylic acids is 1. The van der Waals surface area contributed by atoms with E-state index in [9.17, 15) is 15.2 Å². The second kappa shape index (κ2) is 8.10. The zero-order chi connectivity index (χ0) is 23.1. The lowest BCUT2D eigenvalue weighted by Crippen LogP contribution is -2.06. The summed E-state index contributed by atoms with van der Waals surface area (Å²) < 4.78 is 13.3. The Kier molecular flexibility index (Phi) is 5.09. The van der Waals surface area contributed by atoms with Gasteiger partial charge in [-0.05, 0) is 62.7 Å². The summed E-state index contributed by atoms with van der Waals surface area (Å²) in [5.41, 5.74) is 3.98.